The van der Waals surface area contributed by atoms with Crippen molar-refractivity contribution in [1.29, 1.82) is 0 Å². The minimum Gasteiger partial charge on any atom is -0.497 e. The first-order valence-corrected chi connectivity index (χ1v) is 8.49. The molecule has 0 unspecified atom stereocenters. The Balaban J connectivity index is 1.73. The summed E-state index contributed by atoms with van der Waals surface area (Å²) in [5.41, 5.74) is 4.33. The Labute approximate surface area is 150 Å². The Kier molecular flexibility index (Phi) is 3.05. The van der Waals surface area contributed by atoms with Crippen molar-refractivity contribution in [2.24, 2.45) is 0 Å². The number of hydrogen-bond acceptors (Lipinski definition) is 4. The highest BCUT2D eigenvalue weighted by Crippen LogP contribution is 2.27. The lowest BCUT2D eigenvalue weighted by atomic mass is 10.2. The summed E-state index contributed by atoms with van der Waals surface area (Å²) in [6.45, 7) is 0. The first-order valence-electron chi connectivity index (χ1n) is 7.70. The lowest BCUT2D eigenvalue weighted by Crippen LogP contribution is -1.93. The molecule has 3 aromatic heterocycles. The summed E-state index contributed by atoms with van der Waals surface area (Å²) in [6, 6.07) is 13.8. The largest absolute Gasteiger partial charge is 0.497 e. The SMILES string of the molecule is COc1ccc2[nH]c3nc4nc(-c5ccc(Br)cc5)cn4nc3c2c1. The third-order valence-corrected chi connectivity index (χ3v) is 4.72. The third kappa shape index (κ3) is 2.27. The molecule has 3 heterocycles. The van der Waals surface area contributed by atoms with E-state index in [1.165, 1.54) is 0 Å². The number of imidazole rings is 1. The fourth-order valence-corrected chi connectivity index (χ4v) is 3.19. The second kappa shape index (κ2) is 5.29. The molecule has 5 aromatic rings. The van der Waals surface area contributed by atoms with E-state index in [1.54, 1.807) is 11.6 Å². The third-order valence-electron chi connectivity index (χ3n) is 4.19. The molecule has 122 valence electrons. The molecule has 0 spiro atoms. The molecule has 0 aliphatic rings. The fraction of sp³-hybridized carbons (Fsp3) is 0.0556. The number of aromatic amines is 1. The number of fused-ring (bicyclic) bond motifs is 4. The van der Waals surface area contributed by atoms with E-state index in [0.29, 0.717) is 11.4 Å². The van der Waals surface area contributed by atoms with Crippen molar-refractivity contribution < 1.29 is 4.74 Å². The van der Waals surface area contributed by atoms with Gasteiger partial charge in [-0.05, 0) is 30.3 Å². The molecule has 1 N–H and O–H groups in total. The summed E-state index contributed by atoms with van der Waals surface area (Å²) in [7, 11) is 1.65. The van der Waals surface area contributed by atoms with Gasteiger partial charge in [-0.2, -0.15) is 10.1 Å². The van der Waals surface area contributed by atoms with Gasteiger partial charge in [0.1, 0.15) is 11.3 Å². The van der Waals surface area contributed by atoms with E-state index in [4.69, 9.17) is 9.84 Å². The number of aromatic nitrogens is 5. The monoisotopic (exact) mass is 393 g/mol. The summed E-state index contributed by atoms with van der Waals surface area (Å²) in [6.07, 6.45) is 1.89. The Morgan fingerprint density at radius 1 is 1.08 bits per heavy atom. The second-order valence-electron chi connectivity index (χ2n) is 5.72. The molecule has 0 amide bonds. The van der Waals surface area contributed by atoms with Gasteiger partial charge in [-0.1, -0.05) is 28.1 Å². The molecule has 0 saturated heterocycles. The molecule has 0 aliphatic heterocycles. The van der Waals surface area contributed by atoms with E-state index in [9.17, 15) is 0 Å². The van der Waals surface area contributed by atoms with E-state index >= 15 is 0 Å². The van der Waals surface area contributed by atoms with Gasteiger partial charge in [-0.25, -0.2) is 9.50 Å². The Hall–Kier alpha value is -2.93. The summed E-state index contributed by atoms with van der Waals surface area (Å²) < 4.78 is 8.06. The second-order valence-corrected chi connectivity index (χ2v) is 6.64. The predicted molar refractivity (Wildman–Crippen MR) is 99.8 cm³/mol. The Bertz CT molecular complexity index is 1240. The molecule has 0 fully saturated rings. The van der Waals surface area contributed by atoms with Crippen LogP contribution in [0.2, 0.25) is 0 Å². The van der Waals surface area contributed by atoms with Gasteiger partial charge >= 0.3 is 0 Å². The number of H-pyrrole nitrogens is 1. The van der Waals surface area contributed by atoms with Crippen LogP contribution in [0, 0.1) is 0 Å². The number of nitrogens with zero attached hydrogens (tertiary/aromatic N) is 4. The van der Waals surface area contributed by atoms with Crippen molar-refractivity contribution in [2.45, 2.75) is 0 Å². The quantitative estimate of drug-likeness (QED) is 0.487. The summed E-state index contributed by atoms with van der Waals surface area (Å²) in [5.74, 6) is 1.35. The topological polar surface area (TPSA) is 68.1 Å². The van der Waals surface area contributed by atoms with Gasteiger partial charge in [-0.15, -0.1) is 0 Å². The minimum atomic E-state index is 0.559. The molecule has 0 saturated carbocycles. The highest BCUT2D eigenvalue weighted by atomic mass is 79.9. The number of hydrogen-bond donors (Lipinski definition) is 1. The van der Waals surface area contributed by atoms with Crippen molar-refractivity contribution in [3.05, 3.63) is 53.1 Å². The molecule has 7 heteroatoms. The van der Waals surface area contributed by atoms with Gasteiger partial charge in [0.05, 0.1) is 19.0 Å². The molecule has 2 aromatic carbocycles. The minimum absolute atomic E-state index is 0.559. The van der Waals surface area contributed by atoms with Crippen LogP contribution in [0.1, 0.15) is 0 Å². The molecule has 25 heavy (non-hydrogen) atoms. The van der Waals surface area contributed by atoms with Crippen molar-refractivity contribution in [2.75, 3.05) is 7.11 Å². The van der Waals surface area contributed by atoms with Crippen LogP contribution in [0.5, 0.6) is 5.75 Å². The zero-order chi connectivity index (χ0) is 17.0. The van der Waals surface area contributed by atoms with Crippen molar-refractivity contribution in [3.8, 4) is 17.0 Å². The van der Waals surface area contributed by atoms with Crippen LogP contribution < -0.4 is 4.74 Å². The normalized spacial score (nSPS) is 11.6. The van der Waals surface area contributed by atoms with Crippen LogP contribution in [-0.2, 0) is 0 Å². The Morgan fingerprint density at radius 3 is 2.72 bits per heavy atom. The van der Waals surface area contributed by atoms with Crippen LogP contribution in [0.25, 0.3) is 39.1 Å². The lowest BCUT2D eigenvalue weighted by molar-refractivity contribution is 0.415. The molecular formula is C18H12BrN5O. The number of ether oxygens (including phenoxy) is 1. The molecule has 0 radical (unpaired) electrons. The van der Waals surface area contributed by atoms with Crippen LogP contribution in [0.3, 0.4) is 0 Å². The van der Waals surface area contributed by atoms with Gasteiger partial charge in [0, 0.05) is 20.9 Å². The molecule has 0 bridgehead atoms. The predicted octanol–water partition coefficient (Wildman–Crippen LogP) is 4.20. The first-order chi connectivity index (χ1) is 12.2. The van der Waals surface area contributed by atoms with Gasteiger partial charge in [0.25, 0.3) is 5.78 Å². The molecular weight excluding hydrogens is 382 g/mol. The Morgan fingerprint density at radius 2 is 1.92 bits per heavy atom. The number of halogens is 1. The van der Waals surface area contributed by atoms with Crippen LogP contribution >= 0.6 is 15.9 Å². The van der Waals surface area contributed by atoms with E-state index in [0.717, 1.165) is 37.9 Å². The maximum absolute atomic E-state index is 5.31. The number of benzene rings is 2. The van der Waals surface area contributed by atoms with Crippen molar-refractivity contribution >= 4 is 43.8 Å². The standard InChI is InChI=1S/C18H12BrN5O/c1-25-12-6-7-14-13(8-12)16-17(20-14)22-18-21-15(9-24(18)23-16)10-2-4-11(19)5-3-10/h2-9H,1H3,(H,20,21,22). The van der Waals surface area contributed by atoms with Crippen LogP contribution in [0.15, 0.2) is 53.1 Å². The van der Waals surface area contributed by atoms with Gasteiger partial charge in [0.15, 0.2) is 5.65 Å². The molecule has 0 aliphatic carbocycles. The van der Waals surface area contributed by atoms with Gasteiger partial charge in [-0.3, -0.25) is 0 Å². The number of rotatable bonds is 2. The van der Waals surface area contributed by atoms with E-state index < -0.39 is 0 Å². The van der Waals surface area contributed by atoms with Crippen molar-refractivity contribution in [3.63, 3.8) is 0 Å². The average molecular weight is 394 g/mol. The maximum atomic E-state index is 5.31. The van der Waals surface area contributed by atoms with E-state index in [1.807, 2.05) is 48.7 Å². The van der Waals surface area contributed by atoms with Crippen molar-refractivity contribution in [1.82, 2.24) is 24.6 Å². The summed E-state index contributed by atoms with van der Waals surface area (Å²) in [4.78, 5) is 12.5. The maximum Gasteiger partial charge on any atom is 0.253 e. The van der Waals surface area contributed by atoms with E-state index in [-0.39, 0.29) is 0 Å². The molecule has 6 nitrogen and oxygen atoms in total. The van der Waals surface area contributed by atoms with Gasteiger partial charge < -0.3 is 9.72 Å². The fourth-order valence-electron chi connectivity index (χ4n) is 2.93. The number of methoxy groups -OCH3 is 1. The smallest absolute Gasteiger partial charge is 0.253 e. The molecule has 0 atom stereocenters. The molecule has 5 rings (SSSR count). The summed E-state index contributed by atoms with van der Waals surface area (Å²) >= 11 is 3.45. The average Bonchev–Trinajstić information content (AvgIpc) is 3.20. The zero-order valence-electron chi connectivity index (χ0n) is 13.2. The zero-order valence-corrected chi connectivity index (χ0v) is 14.8. The van der Waals surface area contributed by atoms with Gasteiger partial charge in [0.2, 0.25) is 0 Å². The first kappa shape index (κ1) is 14.4. The highest BCUT2D eigenvalue weighted by molar-refractivity contribution is 9.10. The van der Waals surface area contributed by atoms with E-state index in [2.05, 4.69) is 30.9 Å². The highest BCUT2D eigenvalue weighted by Gasteiger charge is 2.12. The number of nitrogens with one attached hydrogen (secondary N) is 1. The van der Waals surface area contributed by atoms with Crippen LogP contribution in [-0.4, -0.2) is 31.7 Å². The van der Waals surface area contributed by atoms with Crippen LogP contribution in [0.4, 0.5) is 0 Å². The summed E-state index contributed by atoms with van der Waals surface area (Å²) in [5, 5.41) is 5.68. The lowest BCUT2D eigenvalue weighted by Gasteiger charge is -1.98.